The van der Waals surface area contributed by atoms with Crippen molar-refractivity contribution in [2.24, 2.45) is 0 Å². The van der Waals surface area contributed by atoms with Gasteiger partial charge in [-0.15, -0.1) is 0 Å². The van der Waals surface area contributed by atoms with E-state index in [-0.39, 0.29) is 24.0 Å². The maximum absolute atomic E-state index is 13.3. The molecule has 0 bridgehead atoms. The average Bonchev–Trinajstić information content (AvgIpc) is 3.48. The summed E-state index contributed by atoms with van der Waals surface area (Å²) in [5.74, 6) is 0.00109. The number of nitrogens with zero attached hydrogens (tertiary/aromatic N) is 5. The predicted octanol–water partition coefficient (Wildman–Crippen LogP) is 3.85. The van der Waals surface area contributed by atoms with Crippen LogP contribution in [0.1, 0.15) is 21.6 Å². The summed E-state index contributed by atoms with van der Waals surface area (Å²) in [7, 11) is 0. The molecule has 0 atom stereocenters. The maximum atomic E-state index is 13.3. The molecule has 0 aliphatic rings. The van der Waals surface area contributed by atoms with E-state index < -0.39 is 0 Å². The van der Waals surface area contributed by atoms with Crippen molar-refractivity contribution in [3.8, 4) is 17.1 Å². The quantitative estimate of drug-likeness (QED) is 0.457. The van der Waals surface area contributed by atoms with Crippen LogP contribution in [0, 0.1) is 12.7 Å². The Balaban J connectivity index is 1.45. The molecule has 9 heteroatoms. The summed E-state index contributed by atoms with van der Waals surface area (Å²) in [6, 6.07) is 13.0. The molecule has 5 rings (SSSR count). The molecule has 4 aromatic heterocycles. The predicted molar refractivity (Wildman–Crippen MR) is 114 cm³/mol. The van der Waals surface area contributed by atoms with Gasteiger partial charge in [-0.3, -0.25) is 4.79 Å². The number of halogens is 1. The highest BCUT2D eigenvalue weighted by Crippen LogP contribution is 2.27. The van der Waals surface area contributed by atoms with Crippen molar-refractivity contribution in [1.29, 1.82) is 0 Å². The molecule has 1 amide bonds. The SMILES string of the molecule is Cc1noc2nc(-c3ccc(F)cc3)cc(C(=O)NCc3ccnc(-n4cccn4)c3)c12. The lowest BCUT2D eigenvalue weighted by Gasteiger charge is -2.09. The Bertz CT molecular complexity index is 1410. The van der Waals surface area contributed by atoms with Gasteiger partial charge in [0.15, 0.2) is 5.82 Å². The summed E-state index contributed by atoms with van der Waals surface area (Å²) >= 11 is 0. The largest absolute Gasteiger partial charge is 0.348 e. The number of hydrogen-bond acceptors (Lipinski definition) is 6. The molecule has 0 unspecified atom stereocenters. The molecular formula is C23H17FN6O2. The first kappa shape index (κ1) is 19.6. The Morgan fingerprint density at radius 3 is 2.78 bits per heavy atom. The summed E-state index contributed by atoms with van der Waals surface area (Å²) < 4.78 is 20.3. The Morgan fingerprint density at radius 2 is 2.00 bits per heavy atom. The van der Waals surface area contributed by atoms with Crippen LogP contribution in [0.2, 0.25) is 0 Å². The highest BCUT2D eigenvalue weighted by molar-refractivity contribution is 6.06. The number of pyridine rings is 2. The third kappa shape index (κ3) is 3.71. The van der Waals surface area contributed by atoms with Crippen molar-refractivity contribution in [3.05, 3.63) is 89.8 Å². The van der Waals surface area contributed by atoms with Crippen molar-refractivity contribution in [2.75, 3.05) is 0 Å². The van der Waals surface area contributed by atoms with Gasteiger partial charge in [0.05, 0.1) is 22.3 Å². The van der Waals surface area contributed by atoms with Gasteiger partial charge in [-0.2, -0.15) is 5.10 Å². The third-order valence-corrected chi connectivity index (χ3v) is 5.00. The van der Waals surface area contributed by atoms with Crippen LogP contribution in [-0.4, -0.2) is 30.8 Å². The minimum Gasteiger partial charge on any atom is -0.348 e. The van der Waals surface area contributed by atoms with E-state index in [1.165, 1.54) is 12.1 Å². The van der Waals surface area contributed by atoms with E-state index in [0.29, 0.717) is 33.7 Å². The molecule has 0 spiro atoms. The second-order valence-corrected chi connectivity index (χ2v) is 7.17. The molecule has 158 valence electrons. The van der Waals surface area contributed by atoms with Gasteiger partial charge in [-0.25, -0.2) is 19.0 Å². The van der Waals surface area contributed by atoms with Crippen LogP contribution in [0.3, 0.4) is 0 Å². The summed E-state index contributed by atoms with van der Waals surface area (Å²) in [6.07, 6.45) is 5.13. The molecule has 5 aromatic rings. The van der Waals surface area contributed by atoms with E-state index >= 15 is 0 Å². The highest BCUT2D eigenvalue weighted by Gasteiger charge is 2.19. The monoisotopic (exact) mass is 428 g/mol. The molecule has 0 aliphatic carbocycles. The average molecular weight is 428 g/mol. The summed E-state index contributed by atoms with van der Waals surface area (Å²) in [4.78, 5) is 21.9. The number of hydrogen-bond donors (Lipinski definition) is 1. The van der Waals surface area contributed by atoms with E-state index in [1.54, 1.807) is 48.4 Å². The number of carbonyl (C=O) groups excluding carboxylic acids is 1. The van der Waals surface area contributed by atoms with Crippen LogP contribution in [0.15, 0.2) is 71.6 Å². The Kier molecular flexibility index (Phi) is 4.91. The van der Waals surface area contributed by atoms with E-state index in [2.05, 4.69) is 25.5 Å². The Hall–Kier alpha value is -4.40. The van der Waals surface area contributed by atoms with Crippen LogP contribution in [0.4, 0.5) is 4.39 Å². The summed E-state index contributed by atoms with van der Waals surface area (Å²) in [5.41, 5.74) is 3.21. The number of rotatable bonds is 5. The minimum absolute atomic E-state index is 0.249. The van der Waals surface area contributed by atoms with Gasteiger partial charge >= 0.3 is 0 Å². The van der Waals surface area contributed by atoms with Crippen molar-refractivity contribution in [1.82, 2.24) is 30.2 Å². The second kappa shape index (κ2) is 8.03. The maximum Gasteiger partial charge on any atom is 0.259 e. The van der Waals surface area contributed by atoms with Crippen molar-refractivity contribution in [3.63, 3.8) is 0 Å². The molecule has 0 aliphatic heterocycles. The number of benzene rings is 1. The molecule has 32 heavy (non-hydrogen) atoms. The van der Waals surface area contributed by atoms with Gasteiger partial charge in [-0.05, 0) is 61.0 Å². The lowest BCUT2D eigenvalue weighted by Crippen LogP contribution is -2.23. The van der Waals surface area contributed by atoms with Gasteiger partial charge in [0.25, 0.3) is 11.6 Å². The van der Waals surface area contributed by atoms with Gasteiger partial charge in [0.2, 0.25) is 0 Å². The van der Waals surface area contributed by atoms with Crippen LogP contribution in [0.25, 0.3) is 28.2 Å². The lowest BCUT2D eigenvalue weighted by atomic mass is 10.0. The van der Waals surface area contributed by atoms with E-state index in [4.69, 9.17) is 4.52 Å². The molecular weight excluding hydrogens is 411 g/mol. The number of carbonyl (C=O) groups is 1. The first-order chi connectivity index (χ1) is 15.6. The van der Waals surface area contributed by atoms with Crippen molar-refractivity contribution >= 4 is 17.0 Å². The normalized spacial score (nSPS) is 11.1. The first-order valence-corrected chi connectivity index (χ1v) is 9.84. The van der Waals surface area contributed by atoms with Crippen molar-refractivity contribution < 1.29 is 13.7 Å². The van der Waals surface area contributed by atoms with Crippen LogP contribution in [0.5, 0.6) is 0 Å². The fourth-order valence-corrected chi connectivity index (χ4v) is 3.42. The fourth-order valence-electron chi connectivity index (χ4n) is 3.42. The standard InChI is InChI=1S/C23H17FN6O2/c1-14-21-18(12-19(28-23(21)32-29-14)16-3-5-17(24)6-4-16)22(31)26-13-15-7-9-25-20(11-15)30-10-2-8-27-30/h2-12H,13H2,1H3,(H,26,31). The van der Waals surface area contributed by atoms with Gasteiger partial charge < -0.3 is 9.84 Å². The smallest absolute Gasteiger partial charge is 0.259 e. The van der Waals surface area contributed by atoms with Crippen molar-refractivity contribution in [2.45, 2.75) is 13.5 Å². The van der Waals surface area contributed by atoms with E-state index in [0.717, 1.165) is 5.56 Å². The summed E-state index contributed by atoms with van der Waals surface area (Å²) in [6.45, 7) is 2.04. The molecule has 1 N–H and O–H groups in total. The van der Waals surface area contributed by atoms with Gasteiger partial charge in [0, 0.05) is 30.7 Å². The molecule has 0 fully saturated rings. The second-order valence-electron chi connectivity index (χ2n) is 7.17. The molecule has 0 radical (unpaired) electrons. The number of nitrogens with one attached hydrogen (secondary N) is 1. The molecule has 4 heterocycles. The minimum atomic E-state index is -0.352. The number of aromatic nitrogens is 5. The number of aryl methyl sites for hydroxylation is 1. The first-order valence-electron chi connectivity index (χ1n) is 9.84. The fraction of sp³-hybridized carbons (Fsp3) is 0.0870. The van der Waals surface area contributed by atoms with Gasteiger partial charge in [-0.1, -0.05) is 5.16 Å². The zero-order valence-corrected chi connectivity index (χ0v) is 17.0. The molecule has 1 aromatic carbocycles. The highest BCUT2D eigenvalue weighted by atomic mass is 19.1. The lowest BCUT2D eigenvalue weighted by molar-refractivity contribution is 0.0952. The number of amides is 1. The van der Waals surface area contributed by atoms with Gasteiger partial charge in [0.1, 0.15) is 5.82 Å². The molecule has 0 saturated heterocycles. The van der Waals surface area contributed by atoms with Crippen LogP contribution < -0.4 is 5.32 Å². The van der Waals surface area contributed by atoms with Crippen LogP contribution >= 0.6 is 0 Å². The van der Waals surface area contributed by atoms with Crippen LogP contribution in [-0.2, 0) is 6.54 Å². The Morgan fingerprint density at radius 1 is 1.16 bits per heavy atom. The zero-order chi connectivity index (χ0) is 22.1. The zero-order valence-electron chi connectivity index (χ0n) is 17.0. The summed E-state index contributed by atoms with van der Waals surface area (Å²) in [5, 5.41) is 11.6. The third-order valence-electron chi connectivity index (χ3n) is 5.00. The van der Waals surface area contributed by atoms with E-state index in [1.807, 2.05) is 18.2 Å². The molecule has 8 nitrogen and oxygen atoms in total. The molecule has 0 saturated carbocycles. The Labute approximate surface area is 181 Å². The number of fused-ring (bicyclic) bond motifs is 1. The topological polar surface area (TPSA) is 98.7 Å². The van der Waals surface area contributed by atoms with E-state index in [9.17, 15) is 9.18 Å².